The van der Waals surface area contributed by atoms with Crippen LogP contribution in [0.15, 0.2) is 48.5 Å². The maximum Gasteiger partial charge on any atom is 0.317 e. The van der Waals surface area contributed by atoms with E-state index < -0.39 is 0 Å². The van der Waals surface area contributed by atoms with Crippen molar-refractivity contribution >= 4 is 11.9 Å². The van der Waals surface area contributed by atoms with Crippen molar-refractivity contribution in [2.45, 2.75) is 32.4 Å². The molecule has 0 unspecified atom stereocenters. The Morgan fingerprint density at radius 1 is 1.11 bits per heavy atom. The topological polar surface area (TPSA) is 61.4 Å². The number of carbonyl (C=O) groups excluding carboxylic acids is 2. The summed E-state index contributed by atoms with van der Waals surface area (Å²) in [6, 6.07) is 14.1. The molecule has 1 heterocycles. The van der Waals surface area contributed by atoms with Gasteiger partial charge in [-0.2, -0.15) is 0 Å². The number of rotatable bonds is 4. The van der Waals surface area contributed by atoms with Gasteiger partial charge in [0.2, 0.25) is 5.91 Å². The van der Waals surface area contributed by atoms with Gasteiger partial charge in [0.1, 0.15) is 5.82 Å². The number of aryl methyl sites for hydroxylation is 1. The molecule has 3 amide bonds. The zero-order valence-electron chi connectivity index (χ0n) is 15.5. The molecule has 0 radical (unpaired) electrons. The van der Waals surface area contributed by atoms with Gasteiger partial charge in [-0.1, -0.05) is 48.0 Å². The van der Waals surface area contributed by atoms with Crippen molar-refractivity contribution in [2.75, 3.05) is 13.1 Å². The lowest BCUT2D eigenvalue weighted by Crippen LogP contribution is -2.41. The van der Waals surface area contributed by atoms with Crippen LogP contribution in [0.1, 0.15) is 29.5 Å². The number of urea groups is 1. The summed E-state index contributed by atoms with van der Waals surface area (Å²) in [4.78, 5) is 25.8. The lowest BCUT2D eigenvalue weighted by Gasteiger charge is -2.19. The lowest BCUT2D eigenvalue weighted by atomic mass is 9.93. The summed E-state index contributed by atoms with van der Waals surface area (Å²) in [5.41, 5.74) is 2.69. The van der Waals surface area contributed by atoms with Gasteiger partial charge in [0.05, 0.1) is 6.04 Å². The number of halogens is 1. The molecule has 6 heteroatoms. The van der Waals surface area contributed by atoms with Gasteiger partial charge in [-0.15, -0.1) is 0 Å². The van der Waals surface area contributed by atoms with E-state index >= 15 is 0 Å². The third kappa shape index (κ3) is 4.64. The van der Waals surface area contributed by atoms with Gasteiger partial charge >= 0.3 is 6.03 Å². The molecule has 142 valence electrons. The number of hydrogen-bond donors (Lipinski definition) is 2. The average Bonchev–Trinajstić information content (AvgIpc) is 3.04. The monoisotopic (exact) mass is 369 g/mol. The first-order valence-corrected chi connectivity index (χ1v) is 9.04. The second kappa shape index (κ2) is 8.20. The van der Waals surface area contributed by atoms with E-state index in [4.69, 9.17) is 0 Å². The molecule has 0 aliphatic carbocycles. The molecule has 2 aromatic carbocycles. The van der Waals surface area contributed by atoms with Crippen molar-refractivity contribution in [2.24, 2.45) is 0 Å². The highest BCUT2D eigenvalue weighted by molar-refractivity contribution is 5.76. The zero-order valence-corrected chi connectivity index (χ0v) is 15.5. The van der Waals surface area contributed by atoms with Crippen LogP contribution in [-0.2, 0) is 11.3 Å². The molecule has 1 aliphatic heterocycles. The van der Waals surface area contributed by atoms with Crippen LogP contribution in [-0.4, -0.2) is 36.0 Å². The highest BCUT2D eigenvalue weighted by atomic mass is 19.1. The van der Waals surface area contributed by atoms with Crippen LogP contribution < -0.4 is 10.6 Å². The number of hydrogen-bond acceptors (Lipinski definition) is 2. The van der Waals surface area contributed by atoms with Crippen molar-refractivity contribution in [3.8, 4) is 0 Å². The first-order chi connectivity index (χ1) is 12.9. The first kappa shape index (κ1) is 18.9. The second-order valence-electron chi connectivity index (χ2n) is 6.98. The number of likely N-dealkylation sites (tertiary alicyclic amines) is 1. The minimum atomic E-state index is -0.340. The highest BCUT2D eigenvalue weighted by Gasteiger charge is 2.36. The van der Waals surface area contributed by atoms with E-state index in [1.54, 1.807) is 23.1 Å². The molecule has 0 spiro atoms. The maximum atomic E-state index is 13.7. The standard InChI is InChI=1S/C21H24FN3O2/c1-14-7-9-16(10-8-14)18-12-25(13-20(18)24-15(2)26)21(27)23-11-17-5-3-4-6-19(17)22/h3-10,18,20H,11-13H2,1-2H3,(H,23,27)(H,24,26)/t18-,20+/m0/s1. The Balaban J connectivity index is 1.68. The van der Waals surface area contributed by atoms with Crippen LogP contribution in [0.3, 0.4) is 0 Å². The van der Waals surface area contributed by atoms with Crippen molar-refractivity contribution in [3.63, 3.8) is 0 Å². The van der Waals surface area contributed by atoms with Gasteiger partial charge in [-0.25, -0.2) is 9.18 Å². The fourth-order valence-corrected chi connectivity index (χ4v) is 3.45. The summed E-state index contributed by atoms with van der Waals surface area (Å²) >= 11 is 0. The van der Waals surface area contributed by atoms with Crippen LogP contribution in [0, 0.1) is 12.7 Å². The molecule has 3 rings (SSSR count). The van der Waals surface area contributed by atoms with Crippen molar-refractivity contribution in [1.29, 1.82) is 0 Å². The Labute approximate surface area is 158 Å². The fraction of sp³-hybridized carbons (Fsp3) is 0.333. The van der Waals surface area contributed by atoms with Gasteiger partial charge in [-0.3, -0.25) is 4.79 Å². The highest BCUT2D eigenvalue weighted by Crippen LogP contribution is 2.28. The zero-order chi connectivity index (χ0) is 19.4. The van der Waals surface area contributed by atoms with E-state index in [9.17, 15) is 14.0 Å². The molecule has 5 nitrogen and oxygen atoms in total. The molecular formula is C21H24FN3O2. The van der Waals surface area contributed by atoms with Crippen LogP contribution in [0.5, 0.6) is 0 Å². The van der Waals surface area contributed by atoms with E-state index in [1.807, 2.05) is 31.2 Å². The van der Waals surface area contributed by atoms with Crippen LogP contribution >= 0.6 is 0 Å². The van der Waals surface area contributed by atoms with Crippen LogP contribution in [0.2, 0.25) is 0 Å². The molecule has 2 aromatic rings. The third-order valence-corrected chi connectivity index (χ3v) is 4.89. The Morgan fingerprint density at radius 2 is 1.81 bits per heavy atom. The molecule has 0 aromatic heterocycles. The smallest absolute Gasteiger partial charge is 0.317 e. The summed E-state index contributed by atoms with van der Waals surface area (Å²) in [5.74, 6) is -0.438. The summed E-state index contributed by atoms with van der Waals surface area (Å²) < 4.78 is 13.7. The summed E-state index contributed by atoms with van der Waals surface area (Å²) in [7, 11) is 0. The molecule has 0 bridgehead atoms. The first-order valence-electron chi connectivity index (χ1n) is 9.04. The van der Waals surface area contributed by atoms with Crippen molar-refractivity contribution in [1.82, 2.24) is 15.5 Å². The van der Waals surface area contributed by atoms with E-state index in [-0.39, 0.29) is 36.3 Å². The molecule has 1 fully saturated rings. The van der Waals surface area contributed by atoms with E-state index in [0.717, 1.165) is 11.1 Å². The van der Waals surface area contributed by atoms with Crippen molar-refractivity contribution < 1.29 is 14.0 Å². The SMILES string of the molecule is CC(=O)N[C@@H]1CN(C(=O)NCc2ccccc2F)C[C@H]1c1ccc(C)cc1. The quantitative estimate of drug-likeness (QED) is 0.870. The molecule has 27 heavy (non-hydrogen) atoms. The minimum absolute atomic E-state index is 0.0220. The molecule has 1 saturated heterocycles. The van der Waals surface area contributed by atoms with Crippen LogP contribution in [0.4, 0.5) is 9.18 Å². The molecular weight excluding hydrogens is 345 g/mol. The Morgan fingerprint density at radius 3 is 2.48 bits per heavy atom. The van der Waals surface area contributed by atoms with Gasteiger partial charge in [0, 0.05) is 38.0 Å². The van der Waals surface area contributed by atoms with Gasteiger partial charge in [0.25, 0.3) is 0 Å². The Hall–Kier alpha value is -2.89. The van der Waals surface area contributed by atoms with Gasteiger partial charge < -0.3 is 15.5 Å². The molecule has 2 N–H and O–H groups in total. The third-order valence-electron chi connectivity index (χ3n) is 4.89. The van der Waals surface area contributed by atoms with E-state index in [0.29, 0.717) is 18.7 Å². The van der Waals surface area contributed by atoms with Crippen molar-refractivity contribution in [3.05, 3.63) is 71.0 Å². The van der Waals surface area contributed by atoms with Crippen LogP contribution in [0.25, 0.3) is 0 Å². The second-order valence-corrected chi connectivity index (χ2v) is 6.98. The number of nitrogens with zero attached hydrogens (tertiary/aromatic N) is 1. The number of carbonyl (C=O) groups is 2. The molecule has 0 saturated carbocycles. The Kier molecular flexibility index (Phi) is 5.74. The lowest BCUT2D eigenvalue weighted by molar-refractivity contribution is -0.119. The fourth-order valence-electron chi connectivity index (χ4n) is 3.45. The Bertz CT molecular complexity index is 822. The predicted octanol–water partition coefficient (Wildman–Crippen LogP) is 2.95. The maximum absolute atomic E-state index is 13.7. The number of amides is 3. The summed E-state index contributed by atoms with van der Waals surface area (Å²) in [6.45, 7) is 4.54. The number of nitrogens with one attached hydrogen (secondary N) is 2. The molecule has 2 atom stereocenters. The van der Waals surface area contributed by atoms with Gasteiger partial charge in [-0.05, 0) is 18.6 Å². The summed E-state index contributed by atoms with van der Waals surface area (Å²) in [5, 5.41) is 5.72. The molecule has 1 aliphatic rings. The van der Waals surface area contributed by atoms with E-state index in [1.165, 1.54) is 13.0 Å². The normalized spacial score (nSPS) is 19.0. The number of benzene rings is 2. The average molecular weight is 369 g/mol. The van der Waals surface area contributed by atoms with Gasteiger partial charge in [0.15, 0.2) is 0 Å². The van der Waals surface area contributed by atoms with E-state index in [2.05, 4.69) is 10.6 Å². The minimum Gasteiger partial charge on any atom is -0.351 e. The largest absolute Gasteiger partial charge is 0.351 e. The summed E-state index contributed by atoms with van der Waals surface area (Å²) in [6.07, 6.45) is 0. The predicted molar refractivity (Wildman–Crippen MR) is 102 cm³/mol.